The highest BCUT2D eigenvalue weighted by molar-refractivity contribution is 7.98. The molecule has 0 radical (unpaired) electrons. The lowest BCUT2D eigenvalue weighted by atomic mass is 9.68. The van der Waals surface area contributed by atoms with Crippen molar-refractivity contribution < 1.29 is 5.11 Å². The normalized spacial score (nSPS) is 29.7. The van der Waals surface area contributed by atoms with E-state index in [1.807, 2.05) is 11.8 Å². The SMILES string of the molecule is CCC(CSC)N(C)CC1CC(C(C)(C)C)CCC1O. The van der Waals surface area contributed by atoms with Crippen molar-refractivity contribution in [3.8, 4) is 0 Å². The average molecular weight is 302 g/mol. The number of aliphatic hydroxyl groups excluding tert-OH is 1. The minimum atomic E-state index is -0.0946. The van der Waals surface area contributed by atoms with Crippen molar-refractivity contribution in [2.75, 3.05) is 25.6 Å². The Morgan fingerprint density at radius 1 is 1.30 bits per heavy atom. The van der Waals surface area contributed by atoms with Gasteiger partial charge in [-0.3, -0.25) is 0 Å². The van der Waals surface area contributed by atoms with E-state index in [1.165, 1.54) is 25.0 Å². The lowest BCUT2D eigenvalue weighted by Crippen LogP contribution is -2.43. The van der Waals surface area contributed by atoms with E-state index >= 15 is 0 Å². The number of hydrogen-bond donors (Lipinski definition) is 1. The maximum absolute atomic E-state index is 10.4. The van der Waals surface area contributed by atoms with Gasteiger partial charge in [-0.15, -0.1) is 0 Å². The summed E-state index contributed by atoms with van der Waals surface area (Å²) < 4.78 is 0. The van der Waals surface area contributed by atoms with Crippen molar-refractivity contribution in [3.05, 3.63) is 0 Å². The van der Waals surface area contributed by atoms with Crippen LogP contribution in [0.5, 0.6) is 0 Å². The summed E-state index contributed by atoms with van der Waals surface area (Å²) in [6.45, 7) is 10.4. The van der Waals surface area contributed by atoms with E-state index < -0.39 is 0 Å². The molecule has 1 saturated carbocycles. The quantitative estimate of drug-likeness (QED) is 0.805. The molecule has 0 saturated heterocycles. The summed E-state index contributed by atoms with van der Waals surface area (Å²) in [5.74, 6) is 2.40. The Morgan fingerprint density at radius 2 is 1.95 bits per heavy atom. The molecule has 1 rings (SSSR count). The van der Waals surface area contributed by atoms with Gasteiger partial charge in [0.25, 0.3) is 0 Å². The third-order valence-electron chi connectivity index (χ3n) is 5.14. The van der Waals surface area contributed by atoms with Crippen molar-refractivity contribution in [1.82, 2.24) is 4.90 Å². The fourth-order valence-electron chi connectivity index (χ4n) is 3.50. The predicted octanol–water partition coefficient (Wildman–Crippen LogP) is 3.88. The minimum absolute atomic E-state index is 0.0946. The Kier molecular flexibility index (Phi) is 7.37. The fraction of sp³-hybridized carbons (Fsp3) is 1.00. The first kappa shape index (κ1) is 18.3. The summed E-state index contributed by atoms with van der Waals surface area (Å²) in [6, 6.07) is 0.646. The number of hydrogen-bond acceptors (Lipinski definition) is 3. The second-order valence-electron chi connectivity index (χ2n) is 7.66. The van der Waals surface area contributed by atoms with Crippen LogP contribution in [0.4, 0.5) is 0 Å². The molecule has 120 valence electrons. The maximum atomic E-state index is 10.4. The van der Waals surface area contributed by atoms with E-state index in [0.29, 0.717) is 17.4 Å². The first-order valence-electron chi connectivity index (χ1n) is 8.16. The van der Waals surface area contributed by atoms with Gasteiger partial charge in [0.15, 0.2) is 0 Å². The Morgan fingerprint density at radius 3 is 2.45 bits per heavy atom. The number of aliphatic hydroxyl groups is 1. The molecular formula is C17H35NOS. The first-order valence-corrected chi connectivity index (χ1v) is 9.56. The zero-order valence-electron chi connectivity index (χ0n) is 14.4. The molecule has 0 aromatic rings. The van der Waals surface area contributed by atoms with E-state index in [2.05, 4.69) is 45.9 Å². The molecule has 1 fully saturated rings. The van der Waals surface area contributed by atoms with E-state index in [-0.39, 0.29) is 6.10 Å². The molecule has 4 atom stereocenters. The zero-order chi connectivity index (χ0) is 15.3. The third kappa shape index (κ3) is 5.23. The molecular weight excluding hydrogens is 266 g/mol. The van der Waals surface area contributed by atoms with Crippen molar-refractivity contribution >= 4 is 11.8 Å². The summed E-state index contributed by atoms with van der Waals surface area (Å²) >= 11 is 1.93. The van der Waals surface area contributed by atoms with Gasteiger partial charge in [0.2, 0.25) is 0 Å². The minimum Gasteiger partial charge on any atom is -0.393 e. The third-order valence-corrected chi connectivity index (χ3v) is 5.86. The summed E-state index contributed by atoms with van der Waals surface area (Å²) in [6.07, 6.45) is 6.64. The smallest absolute Gasteiger partial charge is 0.0580 e. The van der Waals surface area contributed by atoms with Crippen LogP contribution in [0.3, 0.4) is 0 Å². The summed E-state index contributed by atoms with van der Waals surface area (Å²) in [4.78, 5) is 2.48. The van der Waals surface area contributed by atoms with Gasteiger partial charge in [0, 0.05) is 18.3 Å². The highest BCUT2D eigenvalue weighted by Gasteiger charge is 2.35. The average Bonchev–Trinajstić information content (AvgIpc) is 2.37. The van der Waals surface area contributed by atoms with Crippen LogP contribution in [0.1, 0.15) is 53.4 Å². The molecule has 2 nitrogen and oxygen atoms in total. The second kappa shape index (κ2) is 8.05. The lowest BCUT2D eigenvalue weighted by Gasteiger charge is -2.42. The Bertz CT molecular complexity index is 277. The number of rotatable bonds is 6. The van der Waals surface area contributed by atoms with Crippen LogP contribution in [-0.4, -0.2) is 47.8 Å². The summed E-state index contributed by atoms with van der Waals surface area (Å²) in [5.41, 5.74) is 0.375. The van der Waals surface area contributed by atoms with Crippen molar-refractivity contribution in [2.45, 2.75) is 65.5 Å². The number of nitrogens with zero attached hydrogens (tertiary/aromatic N) is 1. The van der Waals surface area contributed by atoms with Gasteiger partial charge < -0.3 is 10.0 Å². The van der Waals surface area contributed by atoms with Gasteiger partial charge >= 0.3 is 0 Å². The molecule has 1 aliphatic rings. The van der Waals surface area contributed by atoms with Gasteiger partial charge in [-0.05, 0) is 56.2 Å². The first-order chi connectivity index (χ1) is 9.29. The molecule has 20 heavy (non-hydrogen) atoms. The second-order valence-corrected chi connectivity index (χ2v) is 8.57. The van der Waals surface area contributed by atoms with Crippen LogP contribution in [0, 0.1) is 17.3 Å². The topological polar surface area (TPSA) is 23.5 Å². The molecule has 1 aliphatic carbocycles. The van der Waals surface area contributed by atoms with Crippen LogP contribution in [0.25, 0.3) is 0 Å². The van der Waals surface area contributed by atoms with Crippen LogP contribution < -0.4 is 0 Å². The van der Waals surface area contributed by atoms with Crippen molar-refractivity contribution in [3.63, 3.8) is 0 Å². The molecule has 3 heteroatoms. The van der Waals surface area contributed by atoms with Crippen molar-refractivity contribution in [2.24, 2.45) is 17.3 Å². The summed E-state index contributed by atoms with van der Waals surface area (Å²) in [5, 5.41) is 10.4. The van der Waals surface area contributed by atoms with Gasteiger partial charge in [-0.1, -0.05) is 27.7 Å². The molecule has 0 spiro atoms. The number of thioether (sulfide) groups is 1. The molecule has 4 unspecified atom stereocenters. The molecule has 0 aromatic heterocycles. The Labute approximate surface area is 130 Å². The van der Waals surface area contributed by atoms with Crippen molar-refractivity contribution in [1.29, 1.82) is 0 Å². The van der Waals surface area contributed by atoms with E-state index in [4.69, 9.17) is 0 Å². The van der Waals surface area contributed by atoms with Crippen LogP contribution in [-0.2, 0) is 0 Å². The van der Waals surface area contributed by atoms with Gasteiger partial charge in [-0.25, -0.2) is 0 Å². The Balaban J connectivity index is 2.59. The molecule has 0 bridgehead atoms. The standard InChI is InChI=1S/C17H35NOS/c1-7-15(12-20-6)18(5)11-13-10-14(17(2,3)4)8-9-16(13)19/h13-16,19H,7-12H2,1-6H3. The molecule has 0 amide bonds. The molecule has 0 aliphatic heterocycles. The monoisotopic (exact) mass is 301 g/mol. The molecule has 0 aromatic carbocycles. The van der Waals surface area contributed by atoms with Crippen LogP contribution in [0.15, 0.2) is 0 Å². The lowest BCUT2D eigenvalue weighted by molar-refractivity contribution is 0.00230. The van der Waals surface area contributed by atoms with E-state index in [1.54, 1.807) is 0 Å². The van der Waals surface area contributed by atoms with Crippen LogP contribution in [0.2, 0.25) is 0 Å². The predicted molar refractivity (Wildman–Crippen MR) is 91.4 cm³/mol. The van der Waals surface area contributed by atoms with Crippen LogP contribution >= 0.6 is 11.8 Å². The highest BCUT2D eigenvalue weighted by Crippen LogP contribution is 2.40. The van der Waals surface area contributed by atoms with Gasteiger partial charge in [-0.2, -0.15) is 11.8 Å². The van der Waals surface area contributed by atoms with Gasteiger partial charge in [0.05, 0.1) is 6.10 Å². The molecule has 1 N–H and O–H groups in total. The van der Waals surface area contributed by atoms with E-state index in [0.717, 1.165) is 18.9 Å². The largest absolute Gasteiger partial charge is 0.393 e. The maximum Gasteiger partial charge on any atom is 0.0580 e. The zero-order valence-corrected chi connectivity index (χ0v) is 15.2. The van der Waals surface area contributed by atoms with Gasteiger partial charge in [0.1, 0.15) is 0 Å². The Hall–Kier alpha value is 0.270. The molecule has 0 heterocycles. The highest BCUT2D eigenvalue weighted by atomic mass is 32.2. The van der Waals surface area contributed by atoms with E-state index in [9.17, 15) is 5.11 Å². The summed E-state index contributed by atoms with van der Waals surface area (Å²) in [7, 11) is 2.23. The fourth-order valence-corrected chi connectivity index (χ4v) is 4.37.